The summed E-state index contributed by atoms with van der Waals surface area (Å²) in [5.41, 5.74) is 4.50. The van der Waals surface area contributed by atoms with Crippen LogP contribution in [0.2, 0.25) is 0 Å². The van der Waals surface area contributed by atoms with E-state index in [1.54, 1.807) is 7.11 Å². The van der Waals surface area contributed by atoms with Gasteiger partial charge in [0, 0.05) is 11.1 Å². The number of thiazole rings is 1. The lowest BCUT2D eigenvalue weighted by molar-refractivity contribution is 0.102. The van der Waals surface area contributed by atoms with Crippen LogP contribution >= 0.6 is 11.3 Å². The van der Waals surface area contributed by atoms with Gasteiger partial charge in [-0.3, -0.25) is 10.1 Å². The highest BCUT2D eigenvalue weighted by atomic mass is 32.1. The Bertz CT molecular complexity index is 1120. The largest absolute Gasteiger partial charge is 0.494 e. The maximum Gasteiger partial charge on any atom is 0.257 e. The van der Waals surface area contributed by atoms with Crippen molar-refractivity contribution in [2.45, 2.75) is 6.92 Å². The van der Waals surface area contributed by atoms with Crippen molar-refractivity contribution in [3.63, 3.8) is 0 Å². The Morgan fingerprint density at radius 1 is 1.00 bits per heavy atom. The number of anilines is 1. The van der Waals surface area contributed by atoms with Gasteiger partial charge in [0.15, 0.2) is 5.13 Å². The molecule has 0 unspecified atom stereocenters. The zero-order valence-corrected chi connectivity index (χ0v) is 15.8. The third-order valence-corrected chi connectivity index (χ3v) is 5.43. The lowest BCUT2D eigenvalue weighted by Crippen LogP contribution is -2.12. The van der Waals surface area contributed by atoms with Crippen LogP contribution in [0.1, 0.15) is 15.9 Å². The van der Waals surface area contributed by atoms with Crippen molar-refractivity contribution >= 4 is 32.6 Å². The van der Waals surface area contributed by atoms with E-state index in [9.17, 15) is 4.79 Å². The molecule has 1 heterocycles. The van der Waals surface area contributed by atoms with Gasteiger partial charge in [0.25, 0.3) is 5.91 Å². The van der Waals surface area contributed by atoms with Crippen molar-refractivity contribution in [1.29, 1.82) is 0 Å². The minimum absolute atomic E-state index is 0.160. The molecule has 3 aromatic carbocycles. The number of hydrogen-bond acceptors (Lipinski definition) is 4. The first-order chi connectivity index (χ1) is 13.2. The third kappa shape index (κ3) is 3.29. The van der Waals surface area contributed by atoms with Gasteiger partial charge in [-0.25, -0.2) is 4.98 Å². The molecule has 4 nitrogen and oxygen atoms in total. The van der Waals surface area contributed by atoms with Gasteiger partial charge < -0.3 is 4.74 Å². The van der Waals surface area contributed by atoms with Gasteiger partial charge in [0.05, 0.1) is 11.8 Å². The Labute approximate surface area is 161 Å². The molecule has 1 amide bonds. The van der Waals surface area contributed by atoms with Crippen molar-refractivity contribution in [3.8, 4) is 16.9 Å². The number of fused-ring (bicyclic) bond motifs is 1. The molecule has 4 rings (SSSR count). The Morgan fingerprint density at radius 3 is 2.48 bits per heavy atom. The number of nitrogens with one attached hydrogen (secondary N) is 1. The van der Waals surface area contributed by atoms with E-state index in [4.69, 9.17) is 4.74 Å². The summed E-state index contributed by atoms with van der Waals surface area (Å²) >= 11 is 1.45. The summed E-state index contributed by atoms with van der Waals surface area (Å²) in [6.07, 6.45) is 0. The molecule has 0 aliphatic rings. The first-order valence-electron chi connectivity index (χ1n) is 8.57. The van der Waals surface area contributed by atoms with Gasteiger partial charge in [0.1, 0.15) is 11.3 Å². The highest BCUT2D eigenvalue weighted by Crippen LogP contribution is 2.39. The van der Waals surface area contributed by atoms with E-state index in [1.807, 2.05) is 61.5 Å². The summed E-state index contributed by atoms with van der Waals surface area (Å²) in [7, 11) is 1.63. The molecule has 0 radical (unpaired) electrons. The fourth-order valence-corrected chi connectivity index (χ4v) is 4.05. The first-order valence-corrected chi connectivity index (χ1v) is 9.39. The second-order valence-electron chi connectivity index (χ2n) is 6.15. The first kappa shape index (κ1) is 17.2. The minimum Gasteiger partial charge on any atom is -0.494 e. The highest BCUT2D eigenvalue weighted by molar-refractivity contribution is 7.23. The quantitative estimate of drug-likeness (QED) is 0.511. The summed E-state index contributed by atoms with van der Waals surface area (Å²) in [6, 6.07) is 21.6. The molecule has 0 aliphatic heterocycles. The Kier molecular flexibility index (Phi) is 4.60. The van der Waals surface area contributed by atoms with Crippen LogP contribution < -0.4 is 10.1 Å². The number of aromatic nitrogens is 1. The normalized spacial score (nSPS) is 10.7. The van der Waals surface area contributed by atoms with Gasteiger partial charge in [0.2, 0.25) is 0 Å². The average Bonchev–Trinajstić information content (AvgIpc) is 3.11. The van der Waals surface area contributed by atoms with E-state index in [0.29, 0.717) is 16.4 Å². The zero-order chi connectivity index (χ0) is 18.8. The molecule has 4 aromatic rings. The van der Waals surface area contributed by atoms with E-state index < -0.39 is 0 Å². The number of rotatable bonds is 4. The Balaban J connectivity index is 1.77. The zero-order valence-electron chi connectivity index (χ0n) is 15.0. The maximum absolute atomic E-state index is 12.6. The number of ether oxygens (including phenoxy) is 1. The van der Waals surface area contributed by atoms with Gasteiger partial charge >= 0.3 is 0 Å². The lowest BCUT2D eigenvalue weighted by Gasteiger charge is -2.05. The predicted molar refractivity (Wildman–Crippen MR) is 111 cm³/mol. The van der Waals surface area contributed by atoms with E-state index >= 15 is 0 Å². The highest BCUT2D eigenvalue weighted by Gasteiger charge is 2.16. The van der Waals surface area contributed by atoms with Gasteiger partial charge in [-0.15, -0.1) is 0 Å². The summed E-state index contributed by atoms with van der Waals surface area (Å²) < 4.78 is 6.46. The number of benzene rings is 3. The molecule has 1 aromatic heterocycles. The van der Waals surface area contributed by atoms with Crippen LogP contribution in [-0.4, -0.2) is 18.0 Å². The summed E-state index contributed by atoms with van der Waals surface area (Å²) in [4.78, 5) is 17.3. The molecule has 0 bridgehead atoms. The van der Waals surface area contributed by atoms with Crippen molar-refractivity contribution in [2.24, 2.45) is 0 Å². The number of hydrogen-bond donors (Lipinski definition) is 1. The van der Waals surface area contributed by atoms with Crippen molar-refractivity contribution in [3.05, 3.63) is 77.9 Å². The molecule has 0 atom stereocenters. The van der Waals surface area contributed by atoms with E-state index in [2.05, 4.69) is 22.4 Å². The van der Waals surface area contributed by atoms with Crippen molar-refractivity contribution in [1.82, 2.24) is 4.98 Å². The molecule has 0 spiro atoms. The van der Waals surface area contributed by atoms with Crippen LogP contribution in [0.3, 0.4) is 0 Å². The topological polar surface area (TPSA) is 51.2 Å². The number of nitrogens with zero attached hydrogens (tertiary/aromatic N) is 1. The molecular formula is C22H18N2O2S. The van der Waals surface area contributed by atoms with Crippen LogP contribution in [0.5, 0.6) is 5.75 Å². The van der Waals surface area contributed by atoms with Crippen LogP contribution in [-0.2, 0) is 0 Å². The fourth-order valence-electron chi connectivity index (χ4n) is 3.04. The third-order valence-electron chi connectivity index (χ3n) is 4.42. The van der Waals surface area contributed by atoms with E-state index in [-0.39, 0.29) is 5.91 Å². The fraction of sp³-hybridized carbons (Fsp3) is 0.0909. The molecular weight excluding hydrogens is 356 g/mol. The van der Waals surface area contributed by atoms with Gasteiger partial charge in [-0.2, -0.15) is 0 Å². The Hall–Kier alpha value is -3.18. The van der Waals surface area contributed by atoms with Gasteiger partial charge in [-0.1, -0.05) is 59.9 Å². The second-order valence-corrected chi connectivity index (χ2v) is 7.15. The molecule has 0 aliphatic carbocycles. The molecule has 5 heteroatoms. The van der Waals surface area contributed by atoms with E-state index in [1.165, 1.54) is 11.3 Å². The van der Waals surface area contributed by atoms with Crippen LogP contribution in [0, 0.1) is 6.92 Å². The summed E-state index contributed by atoms with van der Waals surface area (Å²) in [5.74, 6) is 0.532. The molecule has 0 fully saturated rings. The van der Waals surface area contributed by atoms with Crippen LogP contribution in [0.4, 0.5) is 5.13 Å². The summed E-state index contributed by atoms with van der Waals surface area (Å²) in [5, 5.41) is 3.49. The van der Waals surface area contributed by atoms with Crippen LogP contribution in [0.25, 0.3) is 21.3 Å². The summed E-state index contributed by atoms with van der Waals surface area (Å²) in [6.45, 7) is 1.92. The number of aryl methyl sites for hydroxylation is 1. The SMILES string of the molecule is COc1ccc(-c2ccccc2)c2sc(NC(=O)c3ccccc3C)nc12. The minimum atomic E-state index is -0.160. The number of carbonyl (C=O) groups excluding carboxylic acids is 1. The lowest BCUT2D eigenvalue weighted by atomic mass is 10.1. The molecule has 27 heavy (non-hydrogen) atoms. The van der Waals surface area contributed by atoms with Crippen LogP contribution in [0.15, 0.2) is 66.7 Å². The van der Waals surface area contributed by atoms with Crippen molar-refractivity contribution < 1.29 is 9.53 Å². The standard InChI is InChI=1S/C22H18N2O2S/c1-14-8-6-7-11-16(14)21(25)24-22-23-19-18(26-2)13-12-17(20(19)27-22)15-9-4-3-5-10-15/h3-13H,1-2H3,(H,23,24,25). The molecule has 0 saturated heterocycles. The average molecular weight is 374 g/mol. The molecule has 0 saturated carbocycles. The number of carbonyl (C=O) groups is 1. The molecule has 134 valence electrons. The predicted octanol–water partition coefficient (Wildman–Crippen LogP) is 5.53. The monoisotopic (exact) mass is 374 g/mol. The molecule has 1 N–H and O–H groups in total. The van der Waals surface area contributed by atoms with E-state index in [0.717, 1.165) is 26.9 Å². The maximum atomic E-state index is 12.6. The van der Waals surface area contributed by atoms with Crippen molar-refractivity contribution in [2.75, 3.05) is 12.4 Å². The Morgan fingerprint density at radius 2 is 1.74 bits per heavy atom. The number of amides is 1. The smallest absolute Gasteiger partial charge is 0.257 e. The van der Waals surface area contributed by atoms with Gasteiger partial charge in [-0.05, 0) is 36.2 Å². The number of methoxy groups -OCH3 is 1. The second kappa shape index (κ2) is 7.21.